The number of nitrogens with one attached hydrogen (secondary N) is 3. The lowest BCUT2D eigenvalue weighted by molar-refractivity contribution is -0.670. The molecule has 0 bridgehead atoms. The number of aryl methyl sites for hydroxylation is 1. The first-order chi connectivity index (χ1) is 15.3. The van der Waals surface area contributed by atoms with Gasteiger partial charge in [-0.1, -0.05) is 19.9 Å². The van der Waals surface area contributed by atoms with Crippen LogP contribution in [-0.2, 0) is 18.3 Å². The number of carbonyl (C=O) groups is 2. The van der Waals surface area contributed by atoms with E-state index in [0.717, 1.165) is 16.6 Å². The molecule has 2 atom stereocenters. The van der Waals surface area contributed by atoms with Crippen molar-refractivity contribution >= 4 is 22.6 Å². The highest BCUT2D eigenvalue weighted by molar-refractivity contribution is 6.02. The molecular formula is C24H30N5O3+. The van der Waals surface area contributed by atoms with Crippen molar-refractivity contribution < 1.29 is 18.9 Å². The van der Waals surface area contributed by atoms with Gasteiger partial charge in [-0.15, -0.1) is 0 Å². The summed E-state index contributed by atoms with van der Waals surface area (Å²) in [6, 6.07) is 8.81. The molecule has 3 N–H and O–H groups in total. The minimum atomic E-state index is -0.678. The first-order valence-electron chi connectivity index (χ1n) is 10.7. The van der Waals surface area contributed by atoms with Crippen LogP contribution in [0.2, 0.25) is 0 Å². The molecule has 0 saturated heterocycles. The molecule has 3 aromatic rings. The number of ether oxygens (including phenoxy) is 1. The number of hydrogen-bond acceptors (Lipinski definition) is 4. The fraction of sp³-hybridized carbons (Fsp3) is 0.417. The Kier molecular flexibility index (Phi) is 7.31. The summed E-state index contributed by atoms with van der Waals surface area (Å²) < 4.78 is 7.22. The van der Waals surface area contributed by atoms with Crippen molar-refractivity contribution in [3.05, 3.63) is 48.2 Å². The zero-order valence-corrected chi connectivity index (χ0v) is 18.9. The first kappa shape index (κ1) is 23.1. The molecule has 0 spiro atoms. The van der Waals surface area contributed by atoms with Gasteiger partial charge in [0, 0.05) is 29.7 Å². The van der Waals surface area contributed by atoms with Crippen molar-refractivity contribution in [2.75, 3.05) is 7.11 Å². The van der Waals surface area contributed by atoms with E-state index in [1.54, 1.807) is 19.5 Å². The van der Waals surface area contributed by atoms with E-state index < -0.39 is 12.0 Å². The van der Waals surface area contributed by atoms with Crippen LogP contribution >= 0.6 is 0 Å². The lowest BCUT2D eigenvalue weighted by atomic mass is 9.90. The number of aromatic nitrogens is 3. The quantitative estimate of drug-likeness (QED) is 0.335. The smallest absolute Gasteiger partial charge is 0.241 e. The summed E-state index contributed by atoms with van der Waals surface area (Å²) in [7, 11) is 3.47. The van der Waals surface area contributed by atoms with Crippen LogP contribution in [0.5, 0.6) is 5.75 Å². The van der Waals surface area contributed by atoms with Crippen molar-refractivity contribution in [1.29, 1.82) is 5.26 Å². The normalized spacial score (nSPS) is 13.0. The van der Waals surface area contributed by atoms with Crippen LogP contribution in [0.4, 0.5) is 0 Å². The van der Waals surface area contributed by atoms with E-state index in [-0.39, 0.29) is 24.0 Å². The Balaban J connectivity index is 1.73. The molecule has 8 nitrogen and oxygen atoms in total. The van der Waals surface area contributed by atoms with Gasteiger partial charge in [0.05, 0.1) is 25.9 Å². The molecule has 0 aliphatic rings. The number of nitrogens with zero attached hydrogens (tertiary/aromatic N) is 2. The number of carbonyl (C=O) groups excluding carboxylic acids is 2. The molecule has 3 rings (SSSR count). The van der Waals surface area contributed by atoms with Gasteiger partial charge in [0.2, 0.25) is 12.2 Å². The number of rotatable bonds is 10. The maximum Gasteiger partial charge on any atom is 0.241 e. The van der Waals surface area contributed by atoms with Gasteiger partial charge >= 0.3 is 0 Å². The van der Waals surface area contributed by atoms with E-state index in [1.807, 2.05) is 49.9 Å². The Labute approximate surface area is 187 Å². The molecule has 0 saturated carbocycles. The second-order valence-corrected chi connectivity index (χ2v) is 8.55. The van der Waals surface area contributed by atoms with Crippen LogP contribution in [0.1, 0.15) is 42.9 Å². The molecule has 0 aliphatic carbocycles. The van der Waals surface area contributed by atoms with Gasteiger partial charge in [0.1, 0.15) is 23.7 Å². The Morgan fingerprint density at radius 2 is 2.09 bits per heavy atom. The van der Waals surface area contributed by atoms with Gasteiger partial charge in [0.15, 0.2) is 5.78 Å². The number of fused-ring (bicyclic) bond motifs is 1. The molecule has 8 heteroatoms. The van der Waals surface area contributed by atoms with Gasteiger partial charge in [-0.05, 0) is 30.5 Å². The fourth-order valence-electron chi connectivity index (χ4n) is 3.90. The summed E-state index contributed by atoms with van der Waals surface area (Å²) in [5.41, 5.74) is 2.10. The number of benzene rings is 1. The number of Topliss-reactive ketones (excluding diaryl/α,β-unsaturated/α-hetero) is 1. The van der Waals surface area contributed by atoms with Crippen LogP contribution < -0.4 is 14.6 Å². The number of amides is 1. The summed E-state index contributed by atoms with van der Waals surface area (Å²) in [6.45, 7) is 4.03. The second kappa shape index (κ2) is 10.1. The fourth-order valence-corrected chi connectivity index (χ4v) is 3.90. The third kappa shape index (κ3) is 5.55. The molecule has 2 aromatic heterocycles. The highest BCUT2D eigenvalue weighted by Crippen LogP contribution is 2.27. The molecule has 0 radical (unpaired) electrons. The maximum atomic E-state index is 13.0. The third-order valence-corrected chi connectivity index (χ3v) is 5.41. The Morgan fingerprint density at radius 3 is 2.72 bits per heavy atom. The predicted octanol–water partition coefficient (Wildman–Crippen LogP) is 2.82. The van der Waals surface area contributed by atoms with E-state index in [9.17, 15) is 14.9 Å². The van der Waals surface area contributed by atoms with E-state index in [2.05, 4.69) is 21.4 Å². The van der Waals surface area contributed by atoms with E-state index >= 15 is 0 Å². The Morgan fingerprint density at radius 1 is 1.31 bits per heavy atom. The number of H-pyrrole nitrogens is 2. The van der Waals surface area contributed by atoms with Crippen LogP contribution in [0.15, 0.2) is 36.8 Å². The average molecular weight is 437 g/mol. The largest absolute Gasteiger partial charge is 0.496 e. The average Bonchev–Trinajstić information content (AvgIpc) is 3.38. The zero-order valence-electron chi connectivity index (χ0n) is 18.9. The topological polar surface area (TPSA) is 115 Å². The van der Waals surface area contributed by atoms with E-state index in [4.69, 9.17) is 4.74 Å². The summed E-state index contributed by atoms with van der Waals surface area (Å²) >= 11 is 0. The molecule has 1 aromatic carbocycles. The summed E-state index contributed by atoms with van der Waals surface area (Å²) in [6.07, 6.45) is 4.63. The summed E-state index contributed by atoms with van der Waals surface area (Å²) in [5, 5.41) is 13.2. The SMILES string of the molecule is COc1cccc2[nH]c(C(=O)CC(CC(C)C)C(=O)NC(C#N)Cc3c[n+](C)c[nH]3)cc12. The summed E-state index contributed by atoms with van der Waals surface area (Å²) in [4.78, 5) is 32.3. The third-order valence-electron chi connectivity index (χ3n) is 5.41. The number of nitriles is 1. The van der Waals surface area contributed by atoms with Gasteiger partial charge in [0.25, 0.3) is 0 Å². The van der Waals surface area contributed by atoms with Gasteiger partial charge < -0.3 is 15.0 Å². The highest BCUT2D eigenvalue weighted by atomic mass is 16.5. The summed E-state index contributed by atoms with van der Waals surface area (Å²) in [5.74, 6) is -0.0308. The van der Waals surface area contributed by atoms with Crippen LogP contribution in [0, 0.1) is 23.2 Å². The van der Waals surface area contributed by atoms with E-state index in [1.165, 1.54) is 0 Å². The van der Waals surface area contributed by atoms with Gasteiger partial charge in [-0.25, -0.2) is 9.55 Å². The number of imidazole rings is 1. The zero-order chi connectivity index (χ0) is 23.3. The number of ketones is 1. The first-order valence-corrected chi connectivity index (χ1v) is 10.7. The molecule has 2 heterocycles. The molecule has 0 fully saturated rings. The minimum absolute atomic E-state index is 0.0642. The molecule has 168 valence electrons. The minimum Gasteiger partial charge on any atom is -0.496 e. The highest BCUT2D eigenvalue weighted by Gasteiger charge is 2.27. The van der Waals surface area contributed by atoms with Crippen molar-refractivity contribution in [2.45, 2.75) is 39.2 Å². The second-order valence-electron chi connectivity index (χ2n) is 8.55. The van der Waals surface area contributed by atoms with Crippen molar-refractivity contribution in [3.8, 4) is 11.8 Å². The van der Waals surface area contributed by atoms with Crippen LogP contribution in [0.3, 0.4) is 0 Å². The molecule has 2 unspecified atom stereocenters. The van der Waals surface area contributed by atoms with E-state index in [0.29, 0.717) is 24.3 Å². The van der Waals surface area contributed by atoms with Crippen molar-refractivity contribution in [1.82, 2.24) is 15.3 Å². The van der Waals surface area contributed by atoms with Crippen LogP contribution in [0.25, 0.3) is 10.9 Å². The van der Waals surface area contributed by atoms with Crippen molar-refractivity contribution in [2.24, 2.45) is 18.9 Å². The Bertz CT molecular complexity index is 1140. The van der Waals surface area contributed by atoms with Crippen LogP contribution in [-0.4, -0.2) is 34.8 Å². The molecule has 0 aliphatic heterocycles. The lowest BCUT2D eigenvalue weighted by Crippen LogP contribution is -2.40. The number of aromatic amines is 2. The standard InChI is InChI=1S/C24H29N5O3/c1-15(2)8-16(24(31)27-17(12-25)10-18-13-29(3)14-26-18)9-22(30)21-11-19-20(28-21)6-5-7-23(19)32-4/h5-7,11,13-17H,8-10H2,1-4H3,(H2,27,28,30,31)/p+1. The monoisotopic (exact) mass is 436 g/mol. The predicted molar refractivity (Wildman–Crippen MR) is 120 cm³/mol. The maximum absolute atomic E-state index is 13.0. The lowest BCUT2D eigenvalue weighted by Gasteiger charge is -2.19. The molecular weight excluding hydrogens is 406 g/mol. The van der Waals surface area contributed by atoms with Gasteiger partial charge in [-0.2, -0.15) is 5.26 Å². The van der Waals surface area contributed by atoms with Gasteiger partial charge in [-0.3, -0.25) is 9.59 Å². The number of methoxy groups -OCH3 is 1. The van der Waals surface area contributed by atoms with Crippen molar-refractivity contribution in [3.63, 3.8) is 0 Å². The molecule has 1 amide bonds. The molecule has 32 heavy (non-hydrogen) atoms. The Hall–Kier alpha value is -3.60. The number of hydrogen-bond donors (Lipinski definition) is 3.